The molecule has 7 heteroatoms. The van der Waals surface area contributed by atoms with Gasteiger partial charge in [-0.3, -0.25) is 4.68 Å². The van der Waals surface area contributed by atoms with Crippen LogP contribution in [0.15, 0.2) is 77.7 Å². The smallest absolute Gasteiger partial charge is 0.241 e. The number of halogens is 1. The van der Waals surface area contributed by atoms with Crippen LogP contribution in [0.3, 0.4) is 0 Å². The van der Waals surface area contributed by atoms with Crippen molar-refractivity contribution in [2.24, 2.45) is 7.05 Å². The molecule has 0 amide bonds. The fourth-order valence-corrected chi connectivity index (χ4v) is 7.17. The summed E-state index contributed by atoms with van der Waals surface area (Å²) in [5, 5.41) is 4.70. The van der Waals surface area contributed by atoms with Crippen LogP contribution >= 0.6 is 0 Å². The van der Waals surface area contributed by atoms with Gasteiger partial charge in [-0.25, -0.2) is 17.5 Å². The number of rotatable bonds is 2. The Bertz CT molecular complexity index is 1530. The summed E-state index contributed by atoms with van der Waals surface area (Å²) in [6.07, 6.45) is 3.02. The van der Waals surface area contributed by atoms with Gasteiger partial charge in [-0.05, 0) is 90.4 Å². The number of nitrogens with zero attached hydrogens (tertiary/aromatic N) is 2. The summed E-state index contributed by atoms with van der Waals surface area (Å²) in [6, 6.07) is 22.2. The average molecular weight is 474 g/mol. The highest BCUT2D eigenvalue weighted by Gasteiger charge is 2.46. The highest BCUT2D eigenvalue weighted by atomic mass is 32.2. The van der Waals surface area contributed by atoms with Crippen molar-refractivity contribution in [3.63, 3.8) is 0 Å². The topological polar surface area (TPSA) is 64.0 Å². The van der Waals surface area contributed by atoms with Crippen molar-refractivity contribution in [3.05, 3.63) is 95.3 Å². The lowest BCUT2D eigenvalue weighted by molar-refractivity contribution is 0.356. The summed E-state index contributed by atoms with van der Waals surface area (Å²) in [5.74, 6) is -0.262. The first-order chi connectivity index (χ1) is 16.3. The second-order valence-corrected chi connectivity index (χ2v) is 10.9. The molecule has 1 aliphatic carbocycles. The van der Waals surface area contributed by atoms with Gasteiger partial charge in [0, 0.05) is 12.6 Å². The number of aromatic nitrogens is 2. The monoisotopic (exact) mass is 473 g/mol. The Morgan fingerprint density at radius 3 is 2.41 bits per heavy atom. The molecule has 172 valence electrons. The number of hydrogen-bond acceptors (Lipinski definition) is 3. The first-order valence-electron chi connectivity index (χ1n) is 11.4. The summed E-state index contributed by atoms with van der Waals surface area (Å²) >= 11 is 0. The van der Waals surface area contributed by atoms with Crippen LogP contribution in [-0.4, -0.2) is 18.2 Å². The molecule has 0 unspecified atom stereocenters. The first-order valence-corrected chi connectivity index (χ1v) is 12.9. The van der Waals surface area contributed by atoms with Crippen molar-refractivity contribution < 1.29 is 12.8 Å². The zero-order chi connectivity index (χ0) is 23.5. The number of aryl methyl sites for hydroxylation is 3. The molecule has 0 fully saturated rings. The Hall–Kier alpha value is -3.29. The van der Waals surface area contributed by atoms with Crippen LogP contribution < -0.4 is 4.72 Å². The summed E-state index contributed by atoms with van der Waals surface area (Å²) in [7, 11) is -1.60. The minimum atomic E-state index is -3.49. The van der Waals surface area contributed by atoms with Gasteiger partial charge in [0.25, 0.3) is 0 Å². The van der Waals surface area contributed by atoms with E-state index in [2.05, 4.69) is 22.9 Å². The second-order valence-electron chi connectivity index (χ2n) is 9.21. The predicted molar refractivity (Wildman–Crippen MR) is 129 cm³/mol. The molecule has 1 spiro atoms. The van der Waals surface area contributed by atoms with Gasteiger partial charge in [-0.1, -0.05) is 30.3 Å². The molecule has 1 N–H and O–H groups in total. The summed E-state index contributed by atoms with van der Waals surface area (Å²) in [5.41, 5.74) is 6.51. The lowest BCUT2D eigenvalue weighted by Gasteiger charge is -2.27. The first kappa shape index (κ1) is 21.3. The van der Waals surface area contributed by atoms with Crippen LogP contribution in [0, 0.1) is 5.82 Å². The average Bonchev–Trinajstić information content (AvgIpc) is 3.25. The largest absolute Gasteiger partial charge is 0.267 e. The predicted octanol–water partition coefficient (Wildman–Crippen LogP) is 4.96. The van der Waals surface area contributed by atoms with E-state index in [4.69, 9.17) is 5.10 Å². The molecule has 0 saturated heterocycles. The van der Waals surface area contributed by atoms with E-state index in [0.717, 1.165) is 47.3 Å². The van der Waals surface area contributed by atoms with Gasteiger partial charge in [0.1, 0.15) is 5.82 Å². The maximum atomic E-state index is 13.3. The molecule has 2 heterocycles. The molecule has 1 atom stereocenters. The Morgan fingerprint density at radius 1 is 0.912 bits per heavy atom. The number of fused-ring (bicyclic) bond motifs is 3. The van der Waals surface area contributed by atoms with Gasteiger partial charge >= 0.3 is 0 Å². The van der Waals surface area contributed by atoms with Gasteiger partial charge in [0.2, 0.25) is 10.0 Å². The molecular weight excluding hydrogens is 449 g/mol. The molecule has 6 rings (SSSR count). The fourth-order valence-electron chi connectivity index (χ4n) is 5.42. The van der Waals surface area contributed by atoms with E-state index in [-0.39, 0.29) is 5.82 Å². The molecule has 34 heavy (non-hydrogen) atoms. The van der Waals surface area contributed by atoms with Crippen LogP contribution in [0.5, 0.6) is 0 Å². The van der Waals surface area contributed by atoms with E-state index in [9.17, 15) is 12.8 Å². The lowest BCUT2D eigenvalue weighted by Crippen LogP contribution is -2.39. The summed E-state index contributed by atoms with van der Waals surface area (Å²) in [4.78, 5) is 0.406. The summed E-state index contributed by atoms with van der Waals surface area (Å²) < 4.78 is 43.7. The van der Waals surface area contributed by atoms with Crippen LogP contribution in [-0.2, 0) is 35.5 Å². The minimum absolute atomic E-state index is 0.262. The molecule has 0 radical (unpaired) electrons. The van der Waals surface area contributed by atoms with Crippen molar-refractivity contribution in [3.8, 4) is 22.5 Å². The van der Waals surface area contributed by atoms with Crippen LogP contribution in [0.1, 0.15) is 29.5 Å². The third-order valence-corrected chi connectivity index (χ3v) is 8.78. The lowest BCUT2D eigenvalue weighted by atomic mass is 9.83. The van der Waals surface area contributed by atoms with Crippen LogP contribution in [0.2, 0.25) is 0 Å². The zero-order valence-electron chi connectivity index (χ0n) is 18.8. The van der Waals surface area contributed by atoms with Gasteiger partial charge in [-0.15, -0.1) is 0 Å². The van der Waals surface area contributed by atoms with E-state index < -0.39 is 15.6 Å². The zero-order valence-corrected chi connectivity index (χ0v) is 19.6. The number of benzene rings is 3. The van der Waals surface area contributed by atoms with Gasteiger partial charge < -0.3 is 0 Å². The molecule has 1 aromatic heterocycles. The van der Waals surface area contributed by atoms with Gasteiger partial charge in [-0.2, -0.15) is 5.10 Å². The third-order valence-electron chi connectivity index (χ3n) is 7.19. The Labute approximate surface area is 198 Å². The fraction of sp³-hybridized carbons (Fsp3) is 0.222. The third kappa shape index (κ3) is 3.38. The highest BCUT2D eigenvalue weighted by molar-refractivity contribution is 7.89. The Balaban J connectivity index is 1.32. The van der Waals surface area contributed by atoms with Crippen LogP contribution in [0.25, 0.3) is 22.5 Å². The molecule has 0 bridgehead atoms. The van der Waals surface area contributed by atoms with E-state index >= 15 is 0 Å². The van der Waals surface area contributed by atoms with Crippen molar-refractivity contribution in [1.82, 2.24) is 14.5 Å². The van der Waals surface area contributed by atoms with Crippen LogP contribution in [0.4, 0.5) is 4.39 Å². The minimum Gasteiger partial charge on any atom is -0.267 e. The molecule has 3 aromatic carbocycles. The van der Waals surface area contributed by atoms with Crippen molar-refractivity contribution in [1.29, 1.82) is 0 Å². The van der Waals surface area contributed by atoms with Crippen molar-refractivity contribution in [2.45, 2.75) is 36.1 Å². The van der Waals surface area contributed by atoms with Crippen molar-refractivity contribution >= 4 is 10.0 Å². The van der Waals surface area contributed by atoms with Crippen molar-refractivity contribution in [2.75, 3.05) is 0 Å². The van der Waals surface area contributed by atoms with Gasteiger partial charge in [0.05, 0.1) is 21.8 Å². The van der Waals surface area contributed by atoms with E-state index in [1.807, 2.05) is 29.9 Å². The standard InChI is InChI=1S/C27H24FN3O2S/c1-31-25(19-8-10-22(28)11-9-19)17-24(29-31)21-7-6-18-12-14-27(15-13-20(18)16-21)23-4-2-3-5-26(23)34(32,33)30-27/h2-11,16-17,30H,12-15H2,1H3/t27-/m1/s1. The maximum Gasteiger partial charge on any atom is 0.241 e. The molecule has 2 aliphatic rings. The SMILES string of the molecule is Cn1nc(-c2ccc3c(c2)CC[C@@]2(CC3)NS(=O)(=O)c3ccccc32)cc1-c1ccc(F)cc1. The molecular formula is C27H24FN3O2S. The Morgan fingerprint density at radius 2 is 1.62 bits per heavy atom. The maximum absolute atomic E-state index is 13.3. The van der Waals surface area contributed by atoms with E-state index in [1.54, 1.807) is 24.3 Å². The summed E-state index contributed by atoms with van der Waals surface area (Å²) in [6.45, 7) is 0. The molecule has 1 aliphatic heterocycles. The second kappa shape index (κ2) is 7.61. The highest BCUT2D eigenvalue weighted by Crippen LogP contribution is 2.44. The van der Waals surface area contributed by atoms with E-state index in [0.29, 0.717) is 11.3 Å². The van der Waals surface area contributed by atoms with E-state index in [1.165, 1.54) is 23.3 Å². The molecule has 4 aromatic rings. The quantitative estimate of drug-likeness (QED) is 0.448. The molecule has 5 nitrogen and oxygen atoms in total. The Kier molecular flexibility index (Phi) is 4.76. The number of nitrogens with one attached hydrogen (secondary N) is 1. The molecule has 0 saturated carbocycles. The number of sulfonamides is 1. The normalized spacial score (nSPS) is 20.6. The van der Waals surface area contributed by atoms with Gasteiger partial charge in [0.15, 0.2) is 0 Å². The number of hydrogen-bond donors (Lipinski definition) is 1.